The number of allylic oxidation sites excluding steroid dienone is 1. The van der Waals surface area contributed by atoms with Crippen molar-refractivity contribution in [1.29, 1.82) is 0 Å². The summed E-state index contributed by atoms with van der Waals surface area (Å²) in [5, 5.41) is 0. The summed E-state index contributed by atoms with van der Waals surface area (Å²) in [6.07, 6.45) is 6.25. The van der Waals surface area contributed by atoms with Gasteiger partial charge in [0.2, 0.25) is 0 Å². The van der Waals surface area contributed by atoms with Gasteiger partial charge in [0.25, 0.3) is 0 Å². The van der Waals surface area contributed by atoms with Crippen LogP contribution in [0.3, 0.4) is 0 Å². The maximum absolute atomic E-state index is 14.2. The third kappa shape index (κ3) is 7.84. The number of rotatable bonds is 10. The first-order chi connectivity index (χ1) is 16.3. The van der Waals surface area contributed by atoms with Gasteiger partial charge < -0.3 is 9.47 Å². The van der Waals surface area contributed by atoms with E-state index in [-0.39, 0.29) is 17.5 Å². The highest BCUT2D eigenvalue weighted by molar-refractivity contribution is 5.61. The van der Waals surface area contributed by atoms with Gasteiger partial charge in [0.15, 0.2) is 12.1 Å². The summed E-state index contributed by atoms with van der Waals surface area (Å²) in [4.78, 5) is 8.25. The van der Waals surface area contributed by atoms with Gasteiger partial charge >= 0.3 is 6.18 Å². The van der Waals surface area contributed by atoms with E-state index >= 15 is 0 Å². The van der Waals surface area contributed by atoms with Crippen LogP contribution in [0.1, 0.15) is 69.3 Å². The molecule has 1 aliphatic rings. The maximum atomic E-state index is 14.2. The van der Waals surface area contributed by atoms with Crippen molar-refractivity contribution in [2.45, 2.75) is 64.3 Å². The molecule has 0 spiro atoms. The van der Waals surface area contributed by atoms with Crippen LogP contribution >= 0.6 is 0 Å². The second-order valence-electron chi connectivity index (χ2n) is 8.49. The SMILES string of the molecule is CCCCCCCCC1COC(c2cnc(-c3cc(F)c(/C=C/C(F)(F)F)c(F)c3)nc2)OC1. The number of benzene rings is 1. The van der Waals surface area contributed by atoms with Crippen LogP contribution in [-0.4, -0.2) is 29.4 Å². The first-order valence-corrected chi connectivity index (χ1v) is 11.6. The molecule has 0 N–H and O–H groups in total. The predicted molar refractivity (Wildman–Crippen MR) is 119 cm³/mol. The lowest BCUT2D eigenvalue weighted by atomic mass is 10.0. The monoisotopic (exact) mass is 484 g/mol. The Balaban J connectivity index is 1.54. The van der Waals surface area contributed by atoms with Gasteiger partial charge in [-0.3, -0.25) is 0 Å². The zero-order valence-corrected chi connectivity index (χ0v) is 19.1. The summed E-state index contributed by atoms with van der Waals surface area (Å²) < 4.78 is 76.9. The Labute approximate surface area is 196 Å². The van der Waals surface area contributed by atoms with Gasteiger partial charge in [-0.2, -0.15) is 13.2 Å². The molecule has 9 heteroatoms. The fraction of sp³-hybridized carbons (Fsp3) is 0.520. The number of alkyl halides is 3. The van der Waals surface area contributed by atoms with Crippen molar-refractivity contribution in [3.63, 3.8) is 0 Å². The van der Waals surface area contributed by atoms with Crippen molar-refractivity contribution in [3.8, 4) is 11.4 Å². The van der Waals surface area contributed by atoms with Crippen LogP contribution in [0.2, 0.25) is 0 Å². The van der Waals surface area contributed by atoms with Crippen LogP contribution in [-0.2, 0) is 9.47 Å². The summed E-state index contributed by atoms with van der Waals surface area (Å²) in [6, 6.07) is 1.79. The minimum absolute atomic E-state index is 0.00944. The average Bonchev–Trinajstić information content (AvgIpc) is 2.80. The highest BCUT2D eigenvalue weighted by Gasteiger charge is 2.25. The lowest BCUT2D eigenvalue weighted by molar-refractivity contribution is -0.206. The molecule has 0 bridgehead atoms. The average molecular weight is 485 g/mol. The molecule has 34 heavy (non-hydrogen) atoms. The molecule has 0 radical (unpaired) electrons. The molecule has 1 fully saturated rings. The van der Waals surface area contributed by atoms with Gasteiger partial charge in [-0.05, 0) is 24.6 Å². The number of hydrogen-bond acceptors (Lipinski definition) is 4. The number of unbranched alkanes of at least 4 members (excludes halogenated alkanes) is 5. The smallest absolute Gasteiger partial charge is 0.348 e. The Morgan fingerprint density at radius 1 is 0.941 bits per heavy atom. The van der Waals surface area contributed by atoms with E-state index in [1.165, 1.54) is 44.5 Å². The Bertz CT molecular complexity index is 916. The molecule has 1 aromatic carbocycles. The van der Waals surface area contributed by atoms with Crippen molar-refractivity contribution in [2.24, 2.45) is 5.92 Å². The van der Waals surface area contributed by atoms with Crippen LogP contribution in [0, 0.1) is 17.6 Å². The van der Waals surface area contributed by atoms with Crippen LogP contribution < -0.4 is 0 Å². The Morgan fingerprint density at radius 2 is 1.53 bits per heavy atom. The fourth-order valence-electron chi connectivity index (χ4n) is 3.77. The summed E-state index contributed by atoms with van der Waals surface area (Å²) in [7, 11) is 0. The molecule has 2 heterocycles. The van der Waals surface area contributed by atoms with Crippen molar-refractivity contribution in [1.82, 2.24) is 9.97 Å². The summed E-state index contributed by atoms with van der Waals surface area (Å²) in [5.41, 5.74) is -0.195. The summed E-state index contributed by atoms with van der Waals surface area (Å²) in [6.45, 7) is 3.35. The van der Waals surface area contributed by atoms with Crippen LogP contribution in [0.15, 0.2) is 30.6 Å². The van der Waals surface area contributed by atoms with Gasteiger partial charge in [0.05, 0.1) is 13.2 Å². The first kappa shape index (κ1) is 26.2. The van der Waals surface area contributed by atoms with Gasteiger partial charge in [-0.1, -0.05) is 45.4 Å². The third-order valence-corrected chi connectivity index (χ3v) is 5.65. The number of aromatic nitrogens is 2. The zero-order valence-electron chi connectivity index (χ0n) is 19.1. The van der Waals surface area contributed by atoms with Crippen LogP contribution in [0.25, 0.3) is 17.5 Å². The molecule has 3 rings (SSSR count). The quantitative estimate of drug-likeness (QED) is 0.260. The second-order valence-corrected chi connectivity index (χ2v) is 8.49. The van der Waals surface area contributed by atoms with E-state index in [4.69, 9.17) is 9.47 Å². The predicted octanol–water partition coefficient (Wildman–Crippen LogP) is 7.41. The Kier molecular flexibility index (Phi) is 9.53. The molecule has 1 saturated heterocycles. The van der Waals surface area contributed by atoms with E-state index in [1.807, 2.05) is 0 Å². The summed E-state index contributed by atoms with van der Waals surface area (Å²) >= 11 is 0. The van der Waals surface area contributed by atoms with Crippen molar-refractivity contribution < 1.29 is 31.4 Å². The molecule has 0 aliphatic carbocycles. The topological polar surface area (TPSA) is 44.2 Å². The molecule has 0 unspecified atom stereocenters. The summed E-state index contributed by atoms with van der Waals surface area (Å²) in [5.74, 6) is -1.90. The van der Waals surface area contributed by atoms with Crippen molar-refractivity contribution >= 4 is 6.08 Å². The molecule has 4 nitrogen and oxygen atoms in total. The molecule has 0 saturated carbocycles. The Morgan fingerprint density at radius 3 is 2.12 bits per heavy atom. The van der Waals surface area contributed by atoms with E-state index in [0.717, 1.165) is 25.0 Å². The molecule has 1 aliphatic heterocycles. The molecule has 2 aromatic rings. The van der Waals surface area contributed by atoms with Gasteiger partial charge in [0.1, 0.15) is 11.6 Å². The molecule has 0 amide bonds. The van der Waals surface area contributed by atoms with Crippen molar-refractivity contribution in [2.75, 3.05) is 13.2 Å². The number of ether oxygens (including phenoxy) is 2. The third-order valence-electron chi connectivity index (χ3n) is 5.65. The highest BCUT2D eigenvalue weighted by atomic mass is 19.4. The zero-order chi connectivity index (χ0) is 24.6. The van der Waals surface area contributed by atoms with E-state index in [2.05, 4.69) is 16.9 Å². The first-order valence-electron chi connectivity index (χ1n) is 11.6. The second kappa shape index (κ2) is 12.4. The van der Waals surface area contributed by atoms with Crippen LogP contribution in [0.4, 0.5) is 22.0 Å². The van der Waals surface area contributed by atoms with E-state index in [9.17, 15) is 22.0 Å². The van der Waals surface area contributed by atoms with E-state index in [0.29, 0.717) is 30.8 Å². The normalized spacial score (nSPS) is 19.1. The lowest BCUT2D eigenvalue weighted by Gasteiger charge is -2.29. The van der Waals surface area contributed by atoms with Gasteiger partial charge in [-0.15, -0.1) is 0 Å². The minimum Gasteiger partial charge on any atom is -0.348 e. The number of nitrogens with zero attached hydrogens (tertiary/aromatic N) is 2. The lowest BCUT2D eigenvalue weighted by Crippen LogP contribution is -2.27. The molecular weight excluding hydrogens is 455 g/mol. The van der Waals surface area contributed by atoms with Gasteiger partial charge in [0, 0.05) is 41.1 Å². The maximum Gasteiger partial charge on any atom is 0.409 e. The number of hydrogen-bond donors (Lipinski definition) is 0. The number of halogens is 5. The Hall–Kier alpha value is -2.39. The van der Waals surface area contributed by atoms with Gasteiger partial charge in [-0.25, -0.2) is 18.7 Å². The van der Waals surface area contributed by atoms with E-state index < -0.39 is 29.7 Å². The molecule has 1 aromatic heterocycles. The molecular formula is C25H29F5N2O2. The molecule has 0 atom stereocenters. The minimum atomic E-state index is -4.67. The highest BCUT2D eigenvalue weighted by Crippen LogP contribution is 2.29. The van der Waals surface area contributed by atoms with Crippen LogP contribution in [0.5, 0.6) is 0 Å². The fourth-order valence-corrected chi connectivity index (χ4v) is 3.77. The largest absolute Gasteiger partial charge is 0.409 e. The standard InChI is InChI=1S/C25H29F5N2O2/c1-2-3-4-5-6-7-8-17-15-33-24(34-16-17)19-13-31-23(32-14-19)18-11-21(26)20(22(27)12-18)9-10-25(28,29)30/h9-14,17,24H,2-8,15-16H2,1H3/b10-9+. The molecule has 186 valence electrons. The van der Waals surface area contributed by atoms with Crippen molar-refractivity contribution in [3.05, 3.63) is 53.4 Å². The van der Waals surface area contributed by atoms with E-state index in [1.54, 1.807) is 0 Å².